The molecule has 0 aliphatic carbocycles. The number of aryl methyl sites for hydroxylation is 1. The first-order valence-corrected chi connectivity index (χ1v) is 11.1. The van der Waals surface area contributed by atoms with E-state index in [-0.39, 0.29) is 0 Å². The van der Waals surface area contributed by atoms with E-state index in [2.05, 4.69) is 67.1 Å². The number of carbonyl (C=O) groups excluding carboxylic acids is 1. The molecule has 2 aromatic carbocycles. The van der Waals surface area contributed by atoms with Crippen molar-refractivity contribution in [2.75, 3.05) is 26.7 Å². The van der Waals surface area contributed by atoms with Crippen LogP contribution in [0.15, 0.2) is 36.4 Å². The molecule has 152 valence electrons. The quantitative estimate of drug-likeness (QED) is 0.588. The number of rotatable bonds is 8. The highest BCUT2D eigenvalue weighted by Crippen LogP contribution is 2.25. The number of likely N-dealkylation sites (tertiary alicyclic amines) is 1. The maximum absolute atomic E-state index is 13.5. The molecule has 28 heavy (non-hydrogen) atoms. The van der Waals surface area contributed by atoms with Crippen molar-refractivity contribution >= 4 is 16.7 Å². The zero-order chi connectivity index (χ0) is 19.9. The van der Waals surface area contributed by atoms with Crippen molar-refractivity contribution in [3.05, 3.63) is 47.5 Å². The molecule has 2 aromatic rings. The van der Waals surface area contributed by atoms with Crippen LogP contribution in [0.2, 0.25) is 0 Å². The molecular weight excluding hydrogens is 344 g/mol. The fourth-order valence-electron chi connectivity index (χ4n) is 4.46. The molecule has 1 aliphatic rings. The second-order valence-corrected chi connectivity index (χ2v) is 8.44. The van der Waals surface area contributed by atoms with Gasteiger partial charge in [0.15, 0.2) is 0 Å². The van der Waals surface area contributed by atoms with Gasteiger partial charge >= 0.3 is 0 Å². The van der Waals surface area contributed by atoms with Gasteiger partial charge < -0.3 is 9.80 Å². The minimum Gasteiger partial charge on any atom is -0.339 e. The van der Waals surface area contributed by atoms with Crippen LogP contribution in [0.5, 0.6) is 0 Å². The van der Waals surface area contributed by atoms with Gasteiger partial charge in [-0.25, -0.2) is 0 Å². The van der Waals surface area contributed by atoms with Gasteiger partial charge in [0.2, 0.25) is 5.91 Å². The summed E-state index contributed by atoms with van der Waals surface area (Å²) >= 11 is 0. The summed E-state index contributed by atoms with van der Waals surface area (Å²) in [5, 5.41) is 2.45. The zero-order valence-corrected chi connectivity index (χ0v) is 17.9. The van der Waals surface area contributed by atoms with E-state index < -0.39 is 0 Å². The minimum absolute atomic E-state index is 0.311. The smallest absolute Gasteiger partial charge is 0.227 e. The van der Waals surface area contributed by atoms with Crippen LogP contribution >= 0.6 is 0 Å². The zero-order valence-electron chi connectivity index (χ0n) is 17.9. The summed E-state index contributed by atoms with van der Waals surface area (Å²) < 4.78 is 0. The summed E-state index contributed by atoms with van der Waals surface area (Å²) in [7, 11) is 2.18. The Morgan fingerprint density at radius 1 is 1.07 bits per heavy atom. The van der Waals surface area contributed by atoms with Crippen LogP contribution in [0.25, 0.3) is 10.8 Å². The molecule has 0 bridgehead atoms. The van der Waals surface area contributed by atoms with Crippen LogP contribution in [0.1, 0.15) is 56.6 Å². The topological polar surface area (TPSA) is 23.6 Å². The van der Waals surface area contributed by atoms with E-state index in [9.17, 15) is 4.79 Å². The summed E-state index contributed by atoms with van der Waals surface area (Å²) in [6.07, 6.45) is 7.57. The molecule has 3 heteroatoms. The highest BCUT2D eigenvalue weighted by atomic mass is 16.2. The number of unbranched alkanes of at least 4 members (excludes halogenated alkanes) is 3. The van der Waals surface area contributed by atoms with Crippen molar-refractivity contribution in [3.63, 3.8) is 0 Å². The maximum Gasteiger partial charge on any atom is 0.227 e. The molecule has 0 spiro atoms. The molecule has 1 saturated heterocycles. The number of hydrogen-bond acceptors (Lipinski definition) is 2. The molecule has 1 aliphatic heterocycles. The van der Waals surface area contributed by atoms with E-state index in [0.717, 1.165) is 38.9 Å². The van der Waals surface area contributed by atoms with E-state index in [0.29, 0.717) is 18.4 Å². The molecule has 0 unspecified atom stereocenters. The van der Waals surface area contributed by atoms with Gasteiger partial charge in [-0.05, 0) is 68.2 Å². The largest absolute Gasteiger partial charge is 0.339 e. The third kappa shape index (κ3) is 5.14. The van der Waals surface area contributed by atoms with E-state index in [4.69, 9.17) is 0 Å². The molecular formula is C25H36N2O. The van der Waals surface area contributed by atoms with Gasteiger partial charge in [-0.3, -0.25) is 4.79 Å². The van der Waals surface area contributed by atoms with E-state index in [1.807, 2.05) is 0 Å². The maximum atomic E-state index is 13.5. The van der Waals surface area contributed by atoms with E-state index in [1.54, 1.807) is 0 Å². The first-order chi connectivity index (χ1) is 13.6. The number of fused-ring (bicyclic) bond motifs is 1. The van der Waals surface area contributed by atoms with Gasteiger partial charge in [0, 0.05) is 12.6 Å². The molecule has 1 heterocycles. The van der Waals surface area contributed by atoms with Crippen LogP contribution in [0.3, 0.4) is 0 Å². The Hall–Kier alpha value is -1.87. The molecule has 1 amide bonds. The highest BCUT2D eigenvalue weighted by Gasteiger charge is 2.27. The molecule has 1 fully saturated rings. The molecule has 0 aromatic heterocycles. The van der Waals surface area contributed by atoms with Gasteiger partial charge in [0.05, 0.1) is 6.42 Å². The predicted molar refractivity (Wildman–Crippen MR) is 119 cm³/mol. The lowest BCUT2D eigenvalue weighted by molar-refractivity contribution is -0.133. The third-order valence-electron chi connectivity index (χ3n) is 6.30. The Morgan fingerprint density at radius 2 is 1.82 bits per heavy atom. The first-order valence-electron chi connectivity index (χ1n) is 11.1. The van der Waals surface area contributed by atoms with Gasteiger partial charge in [0.1, 0.15) is 0 Å². The lowest BCUT2D eigenvalue weighted by Crippen LogP contribution is -2.47. The van der Waals surface area contributed by atoms with Crippen molar-refractivity contribution in [3.8, 4) is 0 Å². The number of piperidine rings is 1. The molecule has 0 N–H and O–H groups in total. The fraction of sp³-hybridized carbons (Fsp3) is 0.560. The number of carbonyl (C=O) groups is 1. The van der Waals surface area contributed by atoms with Crippen LogP contribution in [0, 0.1) is 6.92 Å². The summed E-state index contributed by atoms with van der Waals surface area (Å²) in [4.78, 5) is 18.1. The SMILES string of the molecule is CCCCCCN(C(=O)Cc1c(C)ccc2ccccc12)C1CCN(C)CC1. The average molecular weight is 381 g/mol. The van der Waals surface area contributed by atoms with Crippen LogP contribution in [-0.2, 0) is 11.2 Å². The van der Waals surface area contributed by atoms with E-state index in [1.165, 1.54) is 41.2 Å². The van der Waals surface area contributed by atoms with E-state index >= 15 is 0 Å². The van der Waals surface area contributed by atoms with Gasteiger partial charge in [-0.1, -0.05) is 62.6 Å². The molecule has 0 radical (unpaired) electrons. The molecule has 0 saturated carbocycles. The number of amides is 1. The summed E-state index contributed by atoms with van der Waals surface area (Å²) in [6, 6.07) is 13.2. The second kappa shape index (κ2) is 10.1. The Kier molecular flexibility index (Phi) is 7.50. The van der Waals surface area contributed by atoms with Crippen LogP contribution < -0.4 is 0 Å². The number of benzene rings is 2. The van der Waals surface area contributed by atoms with Crippen molar-refractivity contribution in [2.24, 2.45) is 0 Å². The summed E-state index contributed by atoms with van der Waals surface area (Å²) in [6.45, 7) is 7.48. The normalized spacial score (nSPS) is 15.8. The third-order valence-corrected chi connectivity index (χ3v) is 6.30. The van der Waals surface area contributed by atoms with Crippen molar-refractivity contribution < 1.29 is 4.79 Å². The van der Waals surface area contributed by atoms with Gasteiger partial charge in [-0.15, -0.1) is 0 Å². The lowest BCUT2D eigenvalue weighted by atomic mass is 9.96. The molecule has 0 atom stereocenters. The highest BCUT2D eigenvalue weighted by molar-refractivity contribution is 5.91. The standard InChI is InChI=1S/C25H36N2O/c1-4-5-6-9-16-27(22-14-17-26(3)18-15-22)25(28)19-24-20(2)12-13-21-10-7-8-11-23(21)24/h7-8,10-13,22H,4-6,9,14-19H2,1-3H3. The van der Waals surface area contributed by atoms with Crippen LogP contribution in [0.4, 0.5) is 0 Å². The second-order valence-electron chi connectivity index (χ2n) is 8.44. The average Bonchev–Trinajstić information content (AvgIpc) is 2.71. The molecule has 3 rings (SSSR count). The Morgan fingerprint density at radius 3 is 2.57 bits per heavy atom. The van der Waals surface area contributed by atoms with Crippen molar-refractivity contribution in [1.29, 1.82) is 0 Å². The van der Waals surface area contributed by atoms with Crippen LogP contribution in [-0.4, -0.2) is 48.4 Å². The summed E-state index contributed by atoms with van der Waals surface area (Å²) in [5.74, 6) is 0.311. The lowest BCUT2D eigenvalue weighted by Gasteiger charge is -2.37. The van der Waals surface area contributed by atoms with Gasteiger partial charge in [0.25, 0.3) is 0 Å². The van der Waals surface area contributed by atoms with Gasteiger partial charge in [-0.2, -0.15) is 0 Å². The van der Waals surface area contributed by atoms with Crippen molar-refractivity contribution in [2.45, 2.75) is 64.8 Å². The monoisotopic (exact) mass is 380 g/mol. The summed E-state index contributed by atoms with van der Waals surface area (Å²) in [5.41, 5.74) is 2.43. The number of hydrogen-bond donors (Lipinski definition) is 0. The Labute approximate surface area is 170 Å². The fourth-order valence-corrected chi connectivity index (χ4v) is 4.46. The molecule has 3 nitrogen and oxygen atoms in total. The number of nitrogens with zero attached hydrogens (tertiary/aromatic N) is 2. The predicted octanol–water partition coefficient (Wildman–Crippen LogP) is 5.19. The Balaban J connectivity index is 1.78. The Bertz CT molecular complexity index is 777. The van der Waals surface area contributed by atoms with Crippen molar-refractivity contribution in [1.82, 2.24) is 9.80 Å². The minimum atomic E-state index is 0.311. The first kappa shape index (κ1) is 20.9.